The lowest BCUT2D eigenvalue weighted by molar-refractivity contribution is 0.368. The lowest BCUT2D eigenvalue weighted by Crippen LogP contribution is -2.02. The molecule has 0 aromatic heterocycles. The highest BCUT2D eigenvalue weighted by atomic mass is 32.2. The second-order valence-electron chi connectivity index (χ2n) is 3.60. The molecule has 1 aliphatic rings. The van der Waals surface area contributed by atoms with Crippen LogP contribution < -0.4 is 0 Å². The van der Waals surface area contributed by atoms with Crippen molar-refractivity contribution in [3.8, 4) is 11.8 Å². The molecule has 0 saturated heterocycles. The standard InChI is InChI=1S/C11H16O3S/c1-15(12,13)14-10-6-9-11-7-4-2-3-5-8-11/h7H,2-5,8,10H2,1H3. The Morgan fingerprint density at radius 2 is 2.20 bits per heavy atom. The van der Waals surface area contributed by atoms with Crippen LogP contribution in [0.5, 0.6) is 0 Å². The van der Waals surface area contributed by atoms with Crippen molar-refractivity contribution < 1.29 is 12.6 Å². The molecule has 0 aliphatic heterocycles. The number of hydrogen-bond acceptors (Lipinski definition) is 3. The van der Waals surface area contributed by atoms with Gasteiger partial charge in [-0.25, -0.2) is 0 Å². The van der Waals surface area contributed by atoms with Crippen molar-refractivity contribution in [1.82, 2.24) is 0 Å². The average molecular weight is 228 g/mol. The van der Waals surface area contributed by atoms with E-state index in [1.54, 1.807) is 0 Å². The summed E-state index contributed by atoms with van der Waals surface area (Å²) >= 11 is 0. The Morgan fingerprint density at radius 3 is 2.93 bits per heavy atom. The van der Waals surface area contributed by atoms with Crippen LogP contribution in [0, 0.1) is 11.8 Å². The van der Waals surface area contributed by atoms with Gasteiger partial charge in [0.1, 0.15) is 6.61 Å². The van der Waals surface area contributed by atoms with E-state index in [0.717, 1.165) is 24.7 Å². The molecule has 0 unspecified atom stereocenters. The summed E-state index contributed by atoms with van der Waals surface area (Å²) in [5.74, 6) is 5.68. The van der Waals surface area contributed by atoms with Gasteiger partial charge in [0, 0.05) is 0 Å². The monoisotopic (exact) mass is 228 g/mol. The average Bonchev–Trinajstić information content (AvgIpc) is 2.39. The summed E-state index contributed by atoms with van der Waals surface area (Å²) in [6.07, 6.45) is 8.91. The molecule has 0 atom stereocenters. The first-order chi connectivity index (χ1) is 7.08. The second kappa shape index (κ2) is 5.94. The van der Waals surface area contributed by atoms with Crippen molar-refractivity contribution in [1.29, 1.82) is 0 Å². The zero-order valence-electron chi connectivity index (χ0n) is 8.95. The Labute approximate surface area is 91.6 Å². The van der Waals surface area contributed by atoms with E-state index in [0.29, 0.717) is 0 Å². The molecule has 0 radical (unpaired) electrons. The Morgan fingerprint density at radius 1 is 1.40 bits per heavy atom. The Kier molecular flexibility index (Phi) is 4.86. The van der Waals surface area contributed by atoms with Crippen LogP contribution in [0.2, 0.25) is 0 Å². The topological polar surface area (TPSA) is 43.4 Å². The molecular weight excluding hydrogens is 212 g/mol. The van der Waals surface area contributed by atoms with Crippen LogP contribution in [0.4, 0.5) is 0 Å². The molecule has 0 N–H and O–H groups in total. The van der Waals surface area contributed by atoms with Gasteiger partial charge in [0.25, 0.3) is 10.1 Å². The normalized spacial score (nSPS) is 17.3. The first kappa shape index (κ1) is 12.3. The largest absolute Gasteiger partial charge is 0.265 e. The molecule has 4 heteroatoms. The van der Waals surface area contributed by atoms with Gasteiger partial charge in [0.05, 0.1) is 6.26 Å². The zero-order chi connectivity index (χ0) is 11.1. The highest BCUT2D eigenvalue weighted by molar-refractivity contribution is 7.85. The van der Waals surface area contributed by atoms with Crippen LogP contribution in [-0.4, -0.2) is 21.3 Å². The van der Waals surface area contributed by atoms with Gasteiger partial charge >= 0.3 is 0 Å². The summed E-state index contributed by atoms with van der Waals surface area (Å²) in [6, 6.07) is 0. The van der Waals surface area contributed by atoms with Crippen molar-refractivity contribution in [2.24, 2.45) is 0 Å². The summed E-state index contributed by atoms with van der Waals surface area (Å²) in [7, 11) is -3.36. The van der Waals surface area contributed by atoms with E-state index in [2.05, 4.69) is 22.1 Å². The van der Waals surface area contributed by atoms with Gasteiger partial charge in [-0.05, 0) is 31.3 Å². The summed E-state index contributed by atoms with van der Waals surface area (Å²) < 4.78 is 25.8. The maximum Gasteiger partial charge on any atom is 0.265 e. The van der Waals surface area contributed by atoms with E-state index in [4.69, 9.17) is 0 Å². The fourth-order valence-corrected chi connectivity index (χ4v) is 1.69. The number of hydrogen-bond donors (Lipinski definition) is 0. The quantitative estimate of drug-likeness (QED) is 0.535. The molecule has 0 aromatic carbocycles. The van der Waals surface area contributed by atoms with Crippen LogP contribution in [0.3, 0.4) is 0 Å². The lowest BCUT2D eigenvalue weighted by atomic mass is 10.1. The maximum atomic E-state index is 10.6. The van der Waals surface area contributed by atoms with Gasteiger partial charge in [0.15, 0.2) is 0 Å². The Bertz CT molecular complexity index is 382. The molecule has 0 aromatic rings. The zero-order valence-corrected chi connectivity index (χ0v) is 9.77. The summed E-state index contributed by atoms with van der Waals surface area (Å²) in [6.45, 7) is -0.0455. The third-order valence-electron chi connectivity index (χ3n) is 2.14. The van der Waals surface area contributed by atoms with Crippen molar-refractivity contribution in [3.63, 3.8) is 0 Å². The van der Waals surface area contributed by atoms with Crippen molar-refractivity contribution in [2.75, 3.05) is 12.9 Å². The molecule has 1 rings (SSSR count). The van der Waals surface area contributed by atoms with E-state index < -0.39 is 10.1 Å². The van der Waals surface area contributed by atoms with E-state index in [9.17, 15) is 8.42 Å². The molecule has 0 fully saturated rings. The van der Waals surface area contributed by atoms with Gasteiger partial charge in [-0.1, -0.05) is 24.3 Å². The molecule has 0 heterocycles. The third kappa shape index (κ3) is 6.32. The van der Waals surface area contributed by atoms with Crippen LogP contribution in [0.15, 0.2) is 11.6 Å². The Hall–Kier alpha value is -0.790. The van der Waals surface area contributed by atoms with E-state index in [-0.39, 0.29) is 6.61 Å². The van der Waals surface area contributed by atoms with Crippen molar-refractivity contribution >= 4 is 10.1 Å². The number of rotatable bonds is 2. The minimum atomic E-state index is -3.36. The molecule has 0 bridgehead atoms. The lowest BCUT2D eigenvalue weighted by Gasteiger charge is -1.94. The molecule has 0 saturated carbocycles. The predicted molar refractivity (Wildman–Crippen MR) is 59.7 cm³/mol. The molecule has 84 valence electrons. The van der Waals surface area contributed by atoms with Crippen LogP contribution in [-0.2, 0) is 14.3 Å². The third-order valence-corrected chi connectivity index (χ3v) is 2.68. The van der Waals surface area contributed by atoms with Crippen LogP contribution in [0.25, 0.3) is 0 Å². The molecule has 1 aliphatic carbocycles. The fourth-order valence-electron chi connectivity index (χ4n) is 1.41. The molecule has 0 spiro atoms. The maximum absolute atomic E-state index is 10.6. The molecule has 3 nitrogen and oxygen atoms in total. The van der Waals surface area contributed by atoms with Crippen molar-refractivity contribution in [2.45, 2.75) is 32.1 Å². The van der Waals surface area contributed by atoms with E-state index in [1.807, 2.05) is 0 Å². The highest BCUT2D eigenvalue weighted by Gasteiger charge is 2.00. The number of allylic oxidation sites excluding steroid dienone is 2. The first-order valence-corrected chi connectivity index (χ1v) is 6.92. The van der Waals surface area contributed by atoms with Gasteiger partial charge in [-0.15, -0.1) is 0 Å². The Balaban J connectivity index is 2.40. The van der Waals surface area contributed by atoms with Crippen LogP contribution in [0.1, 0.15) is 32.1 Å². The molecular formula is C11H16O3S. The van der Waals surface area contributed by atoms with Gasteiger partial charge in [-0.3, -0.25) is 4.18 Å². The van der Waals surface area contributed by atoms with E-state index >= 15 is 0 Å². The summed E-state index contributed by atoms with van der Waals surface area (Å²) in [5.41, 5.74) is 1.12. The summed E-state index contributed by atoms with van der Waals surface area (Å²) in [5, 5.41) is 0. The van der Waals surface area contributed by atoms with Crippen LogP contribution >= 0.6 is 0 Å². The fraction of sp³-hybridized carbons (Fsp3) is 0.636. The molecule has 15 heavy (non-hydrogen) atoms. The van der Waals surface area contributed by atoms with Gasteiger partial charge in [-0.2, -0.15) is 8.42 Å². The second-order valence-corrected chi connectivity index (χ2v) is 5.24. The SMILES string of the molecule is CS(=O)(=O)OCC#CC1=CCCCCC1. The minimum absolute atomic E-state index is 0.0455. The summed E-state index contributed by atoms with van der Waals surface area (Å²) in [4.78, 5) is 0. The predicted octanol–water partition coefficient (Wildman–Crippen LogP) is 1.86. The van der Waals surface area contributed by atoms with E-state index in [1.165, 1.54) is 19.3 Å². The minimum Gasteiger partial charge on any atom is -0.257 e. The molecule has 0 amide bonds. The first-order valence-electron chi connectivity index (χ1n) is 5.10. The smallest absolute Gasteiger partial charge is 0.257 e. The van der Waals surface area contributed by atoms with Gasteiger partial charge < -0.3 is 0 Å². The highest BCUT2D eigenvalue weighted by Crippen LogP contribution is 2.15. The van der Waals surface area contributed by atoms with Gasteiger partial charge in [0.2, 0.25) is 0 Å². The van der Waals surface area contributed by atoms with Crippen molar-refractivity contribution in [3.05, 3.63) is 11.6 Å².